The molecule has 2 N–H and O–H groups in total. The summed E-state index contributed by atoms with van der Waals surface area (Å²) in [4.78, 5) is 10.6. The smallest absolute Gasteiger partial charge is 0.304 e. The molecule has 1 aromatic carbocycles. The largest absolute Gasteiger partial charge is 0.505 e. The van der Waals surface area contributed by atoms with Crippen molar-refractivity contribution in [1.82, 2.24) is 0 Å². The number of carboxylic acids is 1. The standard InChI is InChI=1S/C11H10F2O3/c12-7-2-1-6(10(16)9(7)13)11(3-4-11)5-8(14)15/h1-2,16H,3-5H2,(H,14,15). The first-order chi connectivity index (χ1) is 7.46. The Kier molecular flexibility index (Phi) is 2.33. The van der Waals surface area contributed by atoms with Crippen LogP contribution in [0.15, 0.2) is 12.1 Å². The number of hydrogen-bond donors (Lipinski definition) is 2. The molecule has 0 bridgehead atoms. The lowest BCUT2D eigenvalue weighted by Crippen LogP contribution is -2.13. The van der Waals surface area contributed by atoms with Gasteiger partial charge in [-0.25, -0.2) is 4.39 Å². The highest BCUT2D eigenvalue weighted by Crippen LogP contribution is 2.54. The van der Waals surface area contributed by atoms with E-state index in [2.05, 4.69) is 0 Å². The van der Waals surface area contributed by atoms with Crippen molar-refractivity contribution < 1.29 is 23.8 Å². The van der Waals surface area contributed by atoms with Gasteiger partial charge in [0.2, 0.25) is 5.82 Å². The molecule has 0 unspecified atom stereocenters. The molecule has 0 radical (unpaired) electrons. The van der Waals surface area contributed by atoms with Crippen LogP contribution in [0.1, 0.15) is 24.8 Å². The Hall–Kier alpha value is -1.65. The molecule has 16 heavy (non-hydrogen) atoms. The number of phenolic OH excluding ortho intramolecular Hbond substituents is 1. The first-order valence-electron chi connectivity index (χ1n) is 4.85. The Morgan fingerprint density at radius 3 is 2.50 bits per heavy atom. The third kappa shape index (κ3) is 1.62. The van der Waals surface area contributed by atoms with Gasteiger partial charge >= 0.3 is 5.97 Å². The summed E-state index contributed by atoms with van der Waals surface area (Å²) < 4.78 is 25.9. The third-order valence-corrected chi connectivity index (χ3v) is 2.98. The maximum Gasteiger partial charge on any atom is 0.304 e. The lowest BCUT2D eigenvalue weighted by molar-refractivity contribution is -0.137. The molecule has 1 saturated carbocycles. The van der Waals surface area contributed by atoms with Gasteiger partial charge in [0.25, 0.3) is 0 Å². The van der Waals surface area contributed by atoms with E-state index in [0.717, 1.165) is 6.07 Å². The van der Waals surface area contributed by atoms with Gasteiger partial charge in [-0.05, 0) is 18.9 Å². The summed E-state index contributed by atoms with van der Waals surface area (Å²) in [5.41, 5.74) is -0.529. The van der Waals surface area contributed by atoms with Crippen molar-refractivity contribution in [2.24, 2.45) is 0 Å². The first-order valence-corrected chi connectivity index (χ1v) is 4.85. The second-order valence-electron chi connectivity index (χ2n) is 4.11. The second kappa shape index (κ2) is 3.43. The van der Waals surface area contributed by atoms with Crippen molar-refractivity contribution in [3.8, 4) is 5.75 Å². The third-order valence-electron chi connectivity index (χ3n) is 2.98. The quantitative estimate of drug-likeness (QED) is 0.833. The minimum atomic E-state index is -1.31. The molecular weight excluding hydrogens is 218 g/mol. The van der Waals surface area contributed by atoms with E-state index < -0.39 is 28.8 Å². The zero-order valence-corrected chi connectivity index (χ0v) is 8.33. The zero-order chi connectivity index (χ0) is 11.9. The van der Waals surface area contributed by atoms with Crippen molar-refractivity contribution in [2.45, 2.75) is 24.7 Å². The molecule has 0 aromatic heterocycles. The summed E-state index contributed by atoms with van der Waals surface area (Å²) in [6.07, 6.45) is 0.960. The van der Waals surface area contributed by atoms with Crippen LogP contribution >= 0.6 is 0 Å². The van der Waals surface area contributed by atoms with Crippen LogP contribution in [0, 0.1) is 11.6 Å². The number of phenols is 1. The van der Waals surface area contributed by atoms with Gasteiger partial charge in [0, 0.05) is 11.0 Å². The summed E-state index contributed by atoms with van der Waals surface area (Å²) >= 11 is 0. The topological polar surface area (TPSA) is 57.5 Å². The van der Waals surface area contributed by atoms with Crippen molar-refractivity contribution in [1.29, 1.82) is 0 Å². The van der Waals surface area contributed by atoms with E-state index in [0.29, 0.717) is 12.8 Å². The SMILES string of the molecule is O=C(O)CC1(c2ccc(F)c(F)c2O)CC1. The van der Waals surface area contributed by atoms with Gasteiger partial charge in [0.05, 0.1) is 6.42 Å². The molecule has 86 valence electrons. The fourth-order valence-electron chi connectivity index (χ4n) is 1.95. The lowest BCUT2D eigenvalue weighted by Gasteiger charge is -2.15. The van der Waals surface area contributed by atoms with Gasteiger partial charge in [-0.15, -0.1) is 0 Å². The van der Waals surface area contributed by atoms with Gasteiger partial charge < -0.3 is 10.2 Å². The van der Waals surface area contributed by atoms with Gasteiger partial charge in [-0.3, -0.25) is 4.79 Å². The summed E-state index contributed by atoms with van der Waals surface area (Å²) in [7, 11) is 0. The number of rotatable bonds is 3. The van der Waals surface area contributed by atoms with Crippen molar-refractivity contribution in [3.05, 3.63) is 29.3 Å². The molecule has 0 heterocycles. The summed E-state index contributed by atoms with van der Waals surface area (Å²) in [5.74, 6) is -4.22. The van der Waals surface area contributed by atoms with Gasteiger partial charge in [0.1, 0.15) is 0 Å². The van der Waals surface area contributed by atoms with Crippen LogP contribution in [-0.4, -0.2) is 16.2 Å². The van der Waals surface area contributed by atoms with Crippen LogP contribution in [0.25, 0.3) is 0 Å². The normalized spacial score (nSPS) is 17.1. The van der Waals surface area contributed by atoms with E-state index in [1.807, 2.05) is 0 Å². The molecule has 0 amide bonds. The maximum atomic E-state index is 13.1. The zero-order valence-electron chi connectivity index (χ0n) is 8.33. The number of aromatic hydroxyl groups is 1. The second-order valence-corrected chi connectivity index (χ2v) is 4.11. The van der Waals surface area contributed by atoms with Gasteiger partial charge in [-0.1, -0.05) is 6.07 Å². The molecule has 0 saturated heterocycles. The molecule has 3 nitrogen and oxygen atoms in total. The minimum absolute atomic E-state index is 0.175. The summed E-state index contributed by atoms with van der Waals surface area (Å²) in [5, 5.41) is 18.2. The monoisotopic (exact) mass is 228 g/mol. The van der Waals surface area contributed by atoms with Crippen LogP contribution in [-0.2, 0) is 10.2 Å². The number of hydrogen-bond acceptors (Lipinski definition) is 2. The molecular formula is C11H10F2O3. The Balaban J connectivity index is 2.42. The van der Waals surface area contributed by atoms with E-state index in [1.165, 1.54) is 6.07 Å². The number of carboxylic acid groups (broad SMARTS) is 1. The van der Waals surface area contributed by atoms with Crippen LogP contribution in [0.2, 0.25) is 0 Å². The van der Waals surface area contributed by atoms with E-state index >= 15 is 0 Å². The average molecular weight is 228 g/mol. The number of carbonyl (C=O) groups is 1. The minimum Gasteiger partial charge on any atom is -0.505 e. The van der Waals surface area contributed by atoms with E-state index in [1.54, 1.807) is 0 Å². The molecule has 5 heteroatoms. The van der Waals surface area contributed by atoms with Crippen LogP contribution in [0.3, 0.4) is 0 Å². The number of aliphatic carboxylic acids is 1. The molecule has 0 spiro atoms. The summed E-state index contributed by atoms with van der Waals surface area (Å²) in [6, 6.07) is 2.16. The van der Waals surface area contributed by atoms with Crippen molar-refractivity contribution >= 4 is 5.97 Å². The maximum absolute atomic E-state index is 13.1. The Bertz CT molecular complexity index is 453. The fourth-order valence-corrected chi connectivity index (χ4v) is 1.95. The molecule has 0 aliphatic heterocycles. The highest BCUT2D eigenvalue weighted by Gasteiger charge is 2.48. The predicted octanol–water partition coefficient (Wildman–Crippen LogP) is 2.18. The first kappa shape index (κ1) is 10.9. The average Bonchev–Trinajstić information content (AvgIpc) is 2.94. The number of halogens is 2. The van der Waals surface area contributed by atoms with E-state index in [4.69, 9.17) is 5.11 Å². The molecule has 1 aliphatic carbocycles. The van der Waals surface area contributed by atoms with Crippen LogP contribution < -0.4 is 0 Å². The Labute approximate surface area is 90.3 Å². The van der Waals surface area contributed by atoms with Gasteiger partial charge in [0.15, 0.2) is 11.6 Å². The molecule has 2 rings (SSSR count). The number of benzene rings is 1. The molecule has 1 fully saturated rings. The van der Waals surface area contributed by atoms with Gasteiger partial charge in [-0.2, -0.15) is 4.39 Å². The van der Waals surface area contributed by atoms with Crippen molar-refractivity contribution in [2.75, 3.05) is 0 Å². The van der Waals surface area contributed by atoms with E-state index in [-0.39, 0.29) is 12.0 Å². The predicted molar refractivity (Wildman–Crippen MR) is 51.2 cm³/mol. The van der Waals surface area contributed by atoms with Crippen molar-refractivity contribution in [3.63, 3.8) is 0 Å². The Morgan fingerprint density at radius 2 is 2.00 bits per heavy atom. The fraction of sp³-hybridized carbons (Fsp3) is 0.364. The van der Waals surface area contributed by atoms with Crippen LogP contribution in [0.5, 0.6) is 5.75 Å². The molecule has 0 atom stereocenters. The Morgan fingerprint density at radius 1 is 1.38 bits per heavy atom. The summed E-state index contributed by atoms with van der Waals surface area (Å²) in [6.45, 7) is 0. The van der Waals surface area contributed by atoms with Crippen LogP contribution in [0.4, 0.5) is 8.78 Å². The molecule has 1 aromatic rings. The lowest BCUT2D eigenvalue weighted by atomic mass is 9.91. The highest BCUT2D eigenvalue weighted by molar-refractivity contribution is 5.70. The highest BCUT2D eigenvalue weighted by atomic mass is 19.2. The van der Waals surface area contributed by atoms with E-state index in [9.17, 15) is 18.7 Å². The molecule has 1 aliphatic rings.